The zero-order valence-corrected chi connectivity index (χ0v) is 9.07. The Morgan fingerprint density at radius 2 is 2.00 bits per heavy atom. The zero-order chi connectivity index (χ0) is 11.3. The number of rotatable bonds is 5. The van der Waals surface area contributed by atoms with E-state index >= 15 is 0 Å². The molecular weight excluding hydrogens is 195 g/mol. The fourth-order valence-electron chi connectivity index (χ4n) is 1.42. The molecule has 1 unspecified atom stereocenters. The van der Waals surface area contributed by atoms with E-state index in [1.54, 1.807) is 19.2 Å². The molecule has 15 heavy (non-hydrogen) atoms. The Morgan fingerprint density at radius 3 is 2.53 bits per heavy atom. The van der Waals surface area contributed by atoms with Crippen molar-refractivity contribution in [3.05, 3.63) is 30.1 Å². The van der Waals surface area contributed by atoms with Crippen molar-refractivity contribution in [3.63, 3.8) is 0 Å². The molecule has 84 valence electrons. The first-order valence-electron chi connectivity index (χ1n) is 4.93. The summed E-state index contributed by atoms with van der Waals surface area (Å²) in [6.07, 6.45) is -0.426. The number of benzene rings is 1. The van der Waals surface area contributed by atoms with Gasteiger partial charge in [0.1, 0.15) is 5.82 Å². The number of halogens is 1. The first kappa shape index (κ1) is 11.9. The van der Waals surface area contributed by atoms with E-state index in [0.29, 0.717) is 13.1 Å². The Bertz CT molecular complexity index is 289. The quantitative estimate of drug-likeness (QED) is 0.759. The summed E-state index contributed by atoms with van der Waals surface area (Å²) >= 11 is 0. The van der Waals surface area contributed by atoms with Gasteiger partial charge in [0.05, 0.1) is 6.10 Å². The van der Waals surface area contributed by atoms with Crippen LogP contribution in [0.4, 0.5) is 10.1 Å². The molecule has 0 heterocycles. The lowest BCUT2D eigenvalue weighted by Crippen LogP contribution is -2.35. The number of hydrogen-bond donors (Lipinski definition) is 2. The average Bonchev–Trinajstić information content (AvgIpc) is 2.18. The van der Waals surface area contributed by atoms with Gasteiger partial charge in [-0.05, 0) is 31.3 Å². The normalized spacial score (nSPS) is 12.5. The van der Waals surface area contributed by atoms with E-state index in [2.05, 4.69) is 5.32 Å². The zero-order valence-electron chi connectivity index (χ0n) is 9.07. The molecule has 4 heteroatoms. The molecule has 0 aliphatic rings. The molecule has 0 amide bonds. The monoisotopic (exact) mass is 212 g/mol. The molecule has 0 aliphatic carbocycles. The Labute approximate surface area is 89.5 Å². The second-order valence-electron chi connectivity index (χ2n) is 3.57. The van der Waals surface area contributed by atoms with Crippen molar-refractivity contribution in [1.82, 2.24) is 5.32 Å². The number of anilines is 1. The van der Waals surface area contributed by atoms with Gasteiger partial charge in [-0.3, -0.25) is 0 Å². The molecule has 0 bridgehead atoms. The van der Waals surface area contributed by atoms with Crippen molar-refractivity contribution in [3.8, 4) is 0 Å². The molecule has 2 N–H and O–H groups in total. The molecule has 1 aromatic carbocycles. The van der Waals surface area contributed by atoms with Crippen LogP contribution < -0.4 is 10.2 Å². The lowest BCUT2D eigenvalue weighted by molar-refractivity contribution is 0.181. The summed E-state index contributed by atoms with van der Waals surface area (Å²) in [6.45, 7) is 1.07. The lowest BCUT2D eigenvalue weighted by Gasteiger charge is -2.22. The van der Waals surface area contributed by atoms with Gasteiger partial charge in [-0.15, -0.1) is 0 Å². The molecule has 0 spiro atoms. The SMILES string of the molecule is CNCC(O)CN(C)c1ccc(F)cc1. The molecule has 0 saturated carbocycles. The number of nitrogens with one attached hydrogen (secondary N) is 1. The molecule has 1 rings (SSSR count). The minimum Gasteiger partial charge on any atom is -0.390 e. The van der Waals surface area contributed by atoms with Gasteiger partial charge in [0.15, 0.2) is 0 Å². The standard InChI is InChI=1S/C11H17FN2O/c1-13-7-11(15)8-14(2)10-5-3-9(12)4-6-10/h3-6,11,13,15H,7-8H2,1-2H3. The van der Waals surface area contributed by atoms with Gasteiger partial charge in [-0.2, -0.15) is 0 Å². The highest BCUT2D eigenvalue weighted by Crippen LogP contribution is 2.12. The molecular formula is C11H17FN2O. The third-order valence-electron chi connectivity index (χ3n) is 2.19. The van der Waals surface area contributed by atoms with Gasteiger partial charge in [0.2, 0.25) is 0 Å². The van der Waals surface area contributed by atoms with Crippen LogP contribution in [0.15, 0.2) is 24.3 Å². The highest BCUT2D eigenvalue weighted by Gasteiger charge is 2.07. The third kappa shape index (κ3) is 3.85. The fraction of sp³-hybridized carbons (Fsp3) is 0.455. The molecule has 0 aromatic heterocycles. The second kappa shape index (κ2) is 5.68. The van der Waals surface area contributed by atoms with Crippen molar-refractivity contribution in [2.45, 2.75) is 6.10 Å². The number of aliphatic hydroxyl groups excluding tert-OH is 1. The lowest BCUT2D eigenvalue weighted by atomic mass is 10.2. The topological polar surface area (TPSA) is 35.5 Å². The Balaban J connectivity index is 2.53. The molecule has 1 aromatic rings. The Hall–Kier alpha value is -1.13. The first-order chi connectivity index (χ1) is 7.13. The maximum atomic E-state index is 12.7. The van der Waals surface area contributed by atoms with E-state index in [4.69, 9.17) is 0 Å². The van der Waals surface area contributed by atoms with E-state index in [1.807, 2.05) is 11.9 Å². The smallest absolute Gasteiger partial charge is 0.123 e. The van der Waals surface area contributed by atoms with Gasteiger partial charge in [0.25, 0.3) is 0 Å². The van der Waals surface area contributed by atoms with Gasteiger partial charge in [0, 0.05) is 25.8 Å². The number of hydrogen-bond acceptors (Lipinski definition) is 3. The van der Waals surface area contributed by atoms with Crippen molar-refractivity contribution in [2.75, 3.05) is 32.1 Å². The van der Waals surface area contributed by atoms with E-state index in [0.717, 1.165) is 5.69 Å². The predicted octanol–water partition coefficient (Wildman–Crippen LogP) is 0.842. The molecule has 0 radical (unpaired) electrons. The maximum Gasteiger partial charge on any atom is 0.123 e. The van der Waals surface area contributed by atoms with E-state index in [1.165, 1.54) is 12.1 Å². The van der Waals surface area contributed by atoms with E-state index in [9.17, 15) is 9.50 Å². The van der Waals surface area contributed by atoms with Crippen molar-refractivity contribution < 1.29 is 9.50 Å². The van der Waals surface area contributed by atoms with Crippen LogP contribution >= 0.6 is 0 Å². The van der Waals surface area contributed by atoms with Crippen LogP contribution in [0, 0.1) is 5.82 Å². The van der Waals surface area contributed by atoms with E-state index < -0.39 is 6.10 Å². The largest absolute Gasteiger partial charge is 0.390 e. The highest BCUT2D eigenvalue weighted by atomic mass is 19.1. The van der Waals surface area contributed by atoms with Crippen LogP contribution in [-0.4, -0.2) is 38.4 Å². The summed E-state index contributed by atoms with van der Waals surface area (Å²) in [6, 6.07) is 6.22. The summed E-state index contributed by atoms with van der Waals surface area (Å²) in [4.78, 5) is 1.89. The van der Waals surface area contributed by atoms with Gasteiger partial charge in [-0.1, -0.05) is 0 Å². The summed E-state index contributed by atoms with van der Waals surface area (Å²) in [7, 11) is 3.66. The van der Waals surface area contributed by atoms with Gasteiger partial charge in [-0.25, -0.2) is 4.39 Å². The predicted molar refractivity (Wildman–Crippen MR) is 59.6 cm³/mol. The number of aliphatic hydroxyl groups is 1. The molecule has 3 nitrogen and oxygen atoms in total. The summed E-state index contributed by atoms with van der Waals surface area (Å²) < 4.78 is 12.7. The van der Waals surface area contributed by atoms with E-state index in [-0.39, 0.29) is 5.82 Å². The van der Waals surface area contributed by atoms with Crippen LogP contribution in [0.2, 0.25) is 0 Å². The molecule has 0 fully saturated rings. The summed E-state index contributed by atoms with van der Waals surface area (Å²) in [5.74, 6) is -0.247. The van der Waals surface area contributed by atoms with Crippen LogP contribution in [0.25, 0.3) is 0 Å². The number of likely N-dealkylation sites (N-methyl/N-ethyl adjacent to an activating group) is 2. The Morgan fingerprint density at radius 1 is 1.40 bits per heavy atom. The first-order valence-corrected chi connectivity index (χ1v) is 4.93. The maximum absolute atomic E-state index is 12.7. The second-order valence-corrected chi connectivity index (χ2v) is 3.57. The average molecular weight is 212 g/mol. The van der Waals surface area contributed by atoms with Crippen LogP contribution in [-0.2, 0) is 0 Å². The van der Waals surface area contributed by atoms with Crippen molar-refractivity contribution in [2.24, 2.45) is 0 Å². The van der Waals surface area contributed by atoms with Crippen LogP contribution in [0.5, 0.6) is 0 Å². The minimum atomic E-state index is -0.426. The molecule has 0 aliphatic heterocycles. The minimum absolute atomic E-state index is 0.247. The number of nitrogens with zero attached hydrogens (tertiary/aromatic N) is 1. The van der Waals surface area contributed by atoms with Gasteiger partial charge < -0.3 is 15.3 Å². The molecule has 1 atom stereocenters. The Kier molecular flexibility index (Phi) is 4.52. The third-order valence-corrected chi connectivity index (χ3v) is 2.19. The summed E-state index contributed by atoms with van der Waals surface area (Å²) in [5.41, 5.74) is 0.895. The van der Waals surface area contributed by atoms with Crippen LogP contribution in [0.3, 0.4) is 0 Å². The van der Waals surface area contributed by atoms with Crippen molar-refractivity contribution in [1.29, 1.82) is 0 Å². The molecule has 0 saturated heterocycles. The van der Waals surface area contributed by atoms with Crippen molar-refractivity contribution >= 4 is 5.69 Å². The fourth-order valence-corrected chi connectivity index (χ4v) is 1.42. The highest BCUT2D eigenvalue weighted by molar-refractivity contribution is 5.45. The van der Waals surface area contributed by atoms with Crippen LogP contribution in [0.1, 0.15) is 0 Å². The summed E-state index contributed by atoms with van der Waals surface area (Å²) in [5, 5.41) is 12.5. The van der Waals surface area contributed by atoms with Gasteiger partial charge >= 0.3 is 0 Å².